The van der Waals surface area contributed by atoms with E-state index >= 15 is 0 Å². The molecule has 0 unspecified atom stereocenters. The number of amides is 1. The maximum atomic E-state index is 13.7. The zero-order valence-electron chi connectivity index (χ0n) is 18.8. The Balaban J connectivity index is 1.43. The third-order valence-electron chi connectivity index (χ3n) is 6.14. The predicted octanol–water partition coefficient (Wildman–Crippen LogP) is 4.56. The quantitative estimate of drug-likeness (QED) is 0.461. The number of hydrogen-bond donors (Lipinski definition) is 0. The second-order valence-electron chi connectivity index (χ2n) is 8.20. The van der Waals surface area contributed by atoms with Crippen molar-refractivity contribution < 1.29 is 14.1 Å². The van der Waals surface area contributed by atoms with Gasteiger partial charge < -0.3 is 19.1 Å². The Morgan fingerprint density at radius 3 is 2.55 bits per heavy atom. The highest BCUT2D eigenvalue weighted by Crippen LogP contribution is 2.28. The van der Waals surface area contributed by atoms with Crippen LogP contribution < -0.4 is 9.64 Å². The van der Waals surface area contributed by atoms with Crippen molar-refractivity contribution in [3.05, 3.63) is 71.9 Å². The number of carbonyl (C=O) groups excluding carboxylic acids is 1. The second-order valence-corrected chi connectivity index (χ2v) is 8.20. The topological polar surface area (TPSA) is 71.7 Å². The highest BCUT2D eigenvalue weighted by molar-refractivity contribution is 6.07. The average Bonchev–Trinajstić information content (AvgIpc) is 3.08. The van der Waals surface area contributed by atoms with Gasteiger partial charge >= 0.3 is 0 Å². The lowest BCUT2D eigenvalue weighted by Gasteiger charge is -2.24. The molecule has 0 bridgehead atoms. The monoisotopic (exact) mass is 442 g/mol. The van der Waals surface area contributed by atoms with Crippen molar-refractivity contribution in [3.63, 3.8) is 0 Å². The molecular formula is C26H26N4O3. The van der Waals surface area contributed by atoms with E-state index in [1.54, 1.807) is 7.11 Å². The molecule has 2 aromatic carbocycles. The third kappa shape index (κ3) is 4.14. The molecule has 1 aliphatic heterocycles. The van der Waals surface area contributed by atoms with Crippen molar-refractivity contribution >= 4 is 22.7 Å². The lowest BCUT2D eigenvalue weighted by atomic mass is 10.0. The van der Waals surface area contributed by atoms with Crippen molar-refractivity contribution in [1.29, 1.82) is 0 Å². The van der Waals surface area contributed by atoms with Gasteiger partial charge in [0.1, 0.15) is 5.75 Å². The van der Waals surface area contributed by atoms with Gasteiger partial charge in [-0.2, -0.15) is 0 Å². The average molecular weight is 443 g/mol. The van der Waals surface area contributed by atoms with Gasteiger partial charge in [-0.25, -0.2) is 4.98 Å². The van der Waals surface area contributed by atoms with Gasteiger partial charge in [0.15, 0.2) is 0 Å². The van der Waals surface area contributed by atoms with Gasteiger partial charge in [-0.05, 0) is 43.7 Å². The predicted molar refractivity (Wildman–Crippen MR) is 128 cm³/mol. The number of hydrogen-bond acceptors (Lipinski definition) is 6. The molecule has 3 heterocycles. The van der Waals surface area contributed by atoms with Crippen LogP contribution in [0.4, 0.5) is 5.69 Å². The van der Waals surface area contributed by atoms with Crippen molar-refractivity contribution in [1.82, 2.24) is 15.0 Å². The van der Waals surface area contributed by atoms with Crippen molar-refractivity contribution in [3.8, 4) is 17.0 Å². The van der Waals surface area contributed by atoms with Crippen molar-refractivity contribution in [2.75, 3.05) is 38.2 Å². The van der Waals surface area contributed by atoms with Gasteiger partial charge in [-0.1, -0.05) is 35.5 Å². The number of ether oxygens (including phenoxy) is 1. The normalized spacial score (nSPS) is 14.4. The minimum Gasteiger partial charge on any atom is -0.497 e. The number of rotatable bonds is 4. The van der Waals surface area contributed by atoms with E-state index in [2.05, 4.69) is 27.2 Å². The van der Waals surface area contributed by atoms with E-state index < -0.39 is 0 Å². The van der Waals surface area contributed by atoms with Crippen LogP contribution in [0.5, 0.6) is 5.75 Å². The molecule has 5 rings (SSSR count). The lowest BCUT2D eigenvalue weighted by Crippen LogP contribution is -2.35. The molecular weight excluding hydrogens is 416 g/mol. The fraction of sp³-hybridized carbons (Fsp3) is 0.269. The summed E-state index contributed by atoms with van der Waals surface area (Å²) in [7, 11) is 1.67. The molecule has 0 spiro atoms. The first kappa shape index (κ1) is 21.0. The maximum absolute atomic E-state index is 13.7. The molecule has 4 aromatic rings. The summed E-state index contributed by atoms with van der Waals surface area (Å²) in [4.78, 5) is 22.6. The summed E-state index contributed by atoms with van der Waals surface area (Å²) in [6.07, 6.45) is 0.889. The highest BCUT2D eigenvalue weighted by atomic mass is 16.5. The number of anilines is 1. The minimum absolute atomic E-state index is 0.0116. The number of carbonyl (C=O) groups is 1. The summed E-state index contributed by atoms with van der Waals surface area (Å²) >= 11 is 0. The Bertz CT molecular complexity index is 1270. The molecule has 7 heteroatoms. The van der Waals surface area contributed by atoms with Gasteiger partial charge in [0, 0.05) is 37.4 Å². The zero-order chi connectivity index (χ0) is 22.8. The molecule has 0 saturated carbocycles. The van der Waals surface area contributed by atoms with Crippen LogP contribution in [0.3, 0.4) is 0 Å². The van der Waals surface area contributed by atoms with E-state index in [1.165, 1.54) is 0 Å². The van der Waals surface area contributed by atoms with Gasteiger partial charge in [-0.15, -0.1) is 0 Å². The number of pyridine rings is 1. The summed E-state index contributed by atoms with van der Waals surface area (Å²) in [6.45, 7) is 4.84. The Kier molecular flexibility index (Phi) is 5.69. The minimum atomic E-state index is -0.0116. The van der Waals surface area contributed by atoms with E-state index in [1.807, 2.05) is 60.4 Å². The number of benzene rings is 2. The molecule has 0 atom stereocenters. The van der Waals surface area contributed by atoms with E-state index in [0.29, 0.717) is 41.1 Å². The summed E-state index contributed by atoms with van der Waals surface area (Å²) < 4.78 is 10.7. The van der Waals surface area contributed by atoms with Crippen molar-refractivity contribution in [2.45, 2.75) is 13.3 Å². The first-order chi connectivity index (χ1) is 16.1. The van der Waals surface area contributed by atoms with E-state index in [9.17, 15) is 4.79 Å². The van der Waals surface area contributed by atoms with Gasteiger partial charge in [0.25, 0.3) is 11.6 Å². The summed E-state index contributed by atoms with van der Waals surface area (Å²) in [6, 6.07) is 19.8. The van der Waals surface area contributed by atoms with Crippen LogP contribution in [0, 0.1) is 6.92 Å². The fourth-order valence-corrected chi connectivity index (χ4v) is 4.36. The number of fused-ring (bicyclic) bond motifs is 1. The molecule has 1 fully saturated rings. The van der Waals surface area contributed by atoms with Crippen LogP contribution in [0.1, 0.15) is 22.5 Å². The first-order valence-corrected chi connectivity index (χ1v) is 11.1. The third-order valence-corrected chi connectivity index (χ3v) is 6.14. The Hall–Kier alpha value is -3.87. The molecule has 2 aromatic heterocycles. The molecule has 1 amide bonds. The standard InChI is InChI=1S/C26H26N4O3/c1-18-24-22(17-23(27-25(24)33-28-18)19-7-4-3-5-8-19)26(31)30-14-6-13-29(15-16-30)20-9-11-21(32-2)12-10-20/h3-5,7-12,17H,6,13-16H2,1-2H3. The molecule has 0 N–H and O–H groups in total. The van der Waals surface area contributed by atoms with Crippen LogP contribution in [-0.4, -0.2) is 54.2 Å². The second kappa shape index (κ2) is 8.94. The number of aryl methyl sites for hydroxylation is 1. The molecule has 168 valence electrons. The molecule has 0 radical (unpaired) electrons. The molecule has 1 aliphatic rings. The summed E-state index contributed by atoms with van der Waals surface area (Å²) in [5.41, 5.74) is 4.44. The lowest BCUT2D eigenvalue weighted by molar-refractivity contribution is 0.0769. The largest absolute Gasteiger partial charge is 0.497 e. The van der Waals surface area contributed by atoms with Crippen LogP contribution in [-0.2, 0) is 0 Å². The maximum Gasteiger partial charge on any atom is 0.259 e. The summed E-state index contributed by atoms with van der Waals surface area (Å²) in [5, 5.41) is 4.77. The van der Waals surface area contributed by atoms with Crippen molar-refractivity contribution in [2.24, 2.45) is 0 Å². The Morgan fingerprint density at radius 2 is 1.79 bits per heavy atom. The zero-order valence-corrected chi connectivity index (χ0v) is 18.8. The molecule has 0 aliphatic carbocycles. The Morgan fingerprint density at radius 1 is 1.00 bits per heavy atom. The molecule has 7 nitrogen and oxygen atoms in total. The van der Waals surface area contributed by atoms with E-state index in [0.717, 1.165) is 36.5 Å². The van der Waals surface area contributed by atoms with Gasteiger partial charge in [0.05, 0.1) is 29.4 Å². The number of aromatic nitrogens is 2. The highest BCUT2D eigenvalue weighted by Gasteiger charge is 2.25. The van der Waals surface area contributed by atoms with Crippen LogP contribution in [0.25, 0.3) is 22.4 Å². The molecule has 1 saturated heterocycles. The first-order valence-electron chi connectivity index (χ1n) is 11.1. The summed E-state index contributed by atoms with van der Waals surface area (Å²) in [5.74, 6) is 0.827. The van der Waals surface area contributed by atoms with E-state index in [-0.39, 0.29) is 5.91 Å². The molecule has 33 heavy (non-hydrogen) atoms. The van der Waals surface area contributed by atoms with Crippen LogP contribution in [0.2, 0.25) is 0 Å². The number of methoxy groups -OCH3 is 1. The SMILES string of the molecule is COc1ccc(N2CCCN(C(=O)c3cc(-c4ccccc4)nc4onc(C)c34)CC2)cc1. The Labute approximate surface area is 192 Å². The van der Waals surface area contributed by atoms with Crippen LogP contribution in [0.15, 0.2) is 65.2 Å². The smallest absolute Gasteiger partial charge is 0.259 e. The van der Waals surface area contributed by atoms with Gasteiger partial charge in [0.2, 0.25) is 0 Å². The van der Waals surface area contributed by atoms with Gasteiger partial charge in [-0.3, -0.25) is 4.79 Å². The fourth-order valence-electron chi connectivity index (χ4n) is 4.36. The van der Waals surface area contributed by atoms with E-state index in [4.69, 9.17) is 9.26 Å². The van der Waals surface area contributed by atoms with Crippen LogP contribution >= 0.6 is 0 Å². The number of nitrogens with zero attached hydrogens (tertiary/aromatic N) is 4.